The summed E-state index contributed by atoms with van der Waals surface area (Å²) in [6, 6.07) is 5.56. The Morgan fingerprint density at radius 3 is 2.56 bits per heavy atom. The van der Waals surface area contributed by atoms with Crippen molar-refractivity contribution < 1.29 is 14.3 Å². The number of hydrogen-bond donors (Lipinski definition) is 1. The van der Waals surface area contributed by atoms with Crippen molar-refractivity contribution in [2.75, 3.05) is 12.4 Å². The van der Waals surface area contributed by atoms with Crippen molar-refractivity contribution in [2.45, 2.75) is 31.7 Å². The Morgan fingerprint density at radius 1 is 1.39 bits per heavy atom. The molecule has 0 heterocycles. The lowest BCUT2D eigenvalue weighted by Gasteiger charge is -2.20. The quantitative estimate of drug-likeness (QED) is 0.859. The van der Waals surface area contributed by atoms with Crippen LogP contribution >= 0.6 is 15.9 Å². The Bertz CT molecular complexity index is 427. The van der Waals surface area contributed by atoms with Crippen molar-refractivity contribution in [2.24, 2.45) is 0 Å². The van der Waals surface area contributed by atoms with Gasteiger partial charge in [-0.15, -0.1) is 0 Å². The number of methoxy groups -OCH3 is 1. The highest BCUT2D eigenvalue weighted by Crippen LogP contribution is 2.27. The summed E-state index contributed by atoms with van der Waals surface area (Å²) in [5.41, 5.74) is 1.14. The standard InChI is InChI=1S/C13H18BrNO3/c1-13(2,3)18-12(16)15-10-6-5-9(8-14)7-11(10)17-4/h5-7H,8H2,1-4H3,(H,15,16). The molecule has 4 nitrogen and oxygen atoms in total. The Balaban J connectivity index is 2.81. The van der Waals surface area contributed by atoms with Crippen LogP contribution in [-0.4, -0.2) is 18.8 Å². The van der Waals surface area contributed by atoms with Gasteiger partial charge in [0.1, 0.15) is 11.4 Å². The number of anilines is 1. The summed E-state index contributed by atoms with van der Waals surface area (Å²) in [6.07, 6.45) is -0.493. The Hall–Kier alpha value is -1.23. The van der Waals surface area contributed by atoms with Crippen molar-refractivity contribution in [3.05, 3.63) is 23.8 Å². The van der Waals surface area contributed by atoms with Gasteiger partial charge in [0.05, 0.1) is 12.8 Å². The van der Waals surface area contributed by atoms with Crippen molar-refractivity contribution in [3.63, 3.8) is 0 Å². The van der Waals surface area contributed by atoms with Crippen LogP contribution in [0.3, 0.4) is 0 Å². The van der Waals surface area contributed by atoms with E-state index >= 15 is 0 Å². The number of nitrogens with one attached hydrogen (secondary N) is 1. The monoisotopic (exact) mass is 315 g/mol. The predicted molar refractivity (Wildman–Crippen MR) is 75.5 cm³/mol. The van der Waals surface area contributed by atoms with E-state index < -0.39 is 11.7 Å². The van der Waals surface area contributed by atoms with Crippen LogP contribution in [0, 0.1) is 0 Å². The summed E-state index contributed by atoms with van der Waals surface area (Å²) in [7, 11) is 1.56. The number of hydrogen-bond acceptors (Lipinski definition) is 3. The molecule has 1 amide bonds. The molecule has 18 heavy (non-hydrogen) atoms. The third-order valence-electron chi connectivity index (χ3n) is 2.06. The molecule has 0 aliphatic heterocycles. The van der Waals surface area contributed by atoms with Gasteiger partial charge in [0, 0.05) is 5.33 Å². The SMILES string of the molecule is COc1cc(CBr)ccc1NC(=O)OC(C)(C)C. The van der Waals surface area contributed by atoms with E-state index in [4.69, 9.17) is 9.47 Å². The van der Waals surface area contributed by atoms with E-state index in [9.17, 15) is 4.79 Å². The first kappa shape index (κ1) is 14.8. The summed E-state index contributed by atoms with van der Waals surface area (Å²) in [5.74, 6) is 0.609. The first-order valence-electron chi connectivity index (χ1n) is 5.58. The fourth-order valence-electron chi connectivity index (χ4n) is 1.34. The van der Waals surface area contributed by atoms with Crippen molar-refractivity contribution in [3.8, 4) is 5.75 Å². The minimum absolute atomic E-state index is 0.493. The van der Waals surface area contributed by atoms with Crippen LogP contribution in [0.4, 0.5) is 10.5 Å². The van der Waals surface area contributed by atoms with E-state index in [2.05, 4.69) is 21.2 Å². The van der Waals surface area contributed by atoms with E-state index in [1.54, 1.807) is 13.2 Å². The van der Waals surface area contributed by atoms with Gasteiger partial charge in [-0.2, -0.15) is 0 Å². The lowest BCUT2D eigenvalue weighted by Crippen LogP contribution is -2.27. The molecule has 0 fully saturated rings. The maximum atomic E-state index is 11.7. The lowest BCUT2D eigenvalue weighted by atomic mass is 10.2. The van der Waals surface area contributed by atoms with Gasteiger partial charge >= 0.3 is 6.09 Å². The average molecular weight is 316 g/mol. The minimum atomic E-state index is -0.521. The van der Waals surface area contributed by atoms with Crippen LogP contribution < -0.4 is 10.1 Å². The maximum Gasteiger partial charge on any atom is 0.412 e. The fourth-order valence-corrected chi connectivity index (χ4v) is 1.68. The lowest BCUT2D eigenvalue weighted by molar-refractivity contribution is 0.0635. The summed E-state index contributed by atoms with van der Waals surface area (Å²) in [5, 5.41) is 3.40. The predicted octanol–water partition coefficient (Wildman–Crippen LogP) is 3.94. The number of carbonyl (C=O) groups excluding carboxylic acids is 1. The normalized spacial score (nSPS) is 10.9. The highest BCUT2D eigenvalue weighted by atomic mass is 79.9. The van der Waals surface area contributed by atoms with Crippen molar-refractivity contribution in [1.29, 1.82) is 0 Å². The first-order chi connectivity index (χ1) is 8.35. The summed E-state index contributed by atoms with van der Waals surface area (Å²) in [4.78, 5) is 11.7. The topological polar surface area (TPSA) is 47.6 Å². The molecule has 0 radical (unpaired) electrons. The van der Waals surface area contributed by atoms with E-state index in [1.807, 2.05) is 32.9 Å². The van der Waals surface area contributed by atoms with Gasteiger partial charge in [0.15, 0.2) is 0 Å². The molecule has 0 spiro atoms. The molecule has 0 bridgehead atoms. The molecule has 100 valence electrons. The number of ether oxygens (including phenoxy) is 2. The molecule has 1 N–H and O–H groups in total. The highest BCUT2D eigenvalue weighted by Gasteiger charge is 2.17. The second-order valence-electron chi connectivity index (χ2n) is 4.80. The van der Waals surface area contributed by atoms with Gasteiger partial charge in [0.2, 0.25) is 0 Å². The molecule has 0 aliphatic rings. The molecule has 0 aliphatic carbocycles. The van der Waals surface area contributed by atoms with Crippen LogP contribution in [0.15, 0.2) is 18.2 Å². The van der Waals surface area contributed by atoms with E-state index in [1.165, 1.54) is 0 Å². The number of halogens is 1. The van der Waals surface area contributed by atoms with E-state index in [-0.39, 0.29) is 0 Å². The molecular formula is C13H18BrNO3. The third-order valence-corrected chi connectivity index (χ3v) is 2.70. The van der Waals surface area contributed by atoms with Crippen LogP contribution in [0.5, 0.6) is 5.75 Å². The second-order valence-corrected chi connectivity index (χ2v) is 5.36. The molecule has 5 heteroatoms. The van der Waals surface area contributed by atoms with Gasteiger partial charge in [0.25, 0.3) is 0 Å². The van der Waals surface area contributed by atoms with Crippen LogP contribution in [0.2, 0.25) is 0 Å². The third kappa shape index (κ3) is 4.56. The Morgan fingerprint density at radius 2 is 2.06 bits per heavy atom. The zero-order valence-electron chi connectivity index (χ0n) is 11.0. The number of benzene rings is 1. The summed E-state index contributed by atoms with van der Waals surface area (Å²) < 4.78 is 10.4. The molecule has 1 aromatic rings. The van der Waals surface area contributed by atoms with Crippen LogP contribution in [-0.2, 0) is 10.1 Å². The van der Waals surface area contributed by atoms with Gasteiger partial charge in [-0.25, -0.2) is 4.79 Å². The fraction of sp³-hybridized carbons (Fsp3) is 0.462. The number of carbonyl (C=O) groups is 1. The van der Waals surface area contributed by atoms with Crippen LogP contribution in [0.1, 0.15) is 26.3 Å². The maximum absolute atomic E-state index is 11.7. The molecule has 0 saturated carbocycles. The summed E-state index contributed by atoms with van der Waals surface area (Å²) >= 11 is 3.37. The molecular weight excluding hydrogens is 298 g/mol. The molecule has 0 saturated heterocycles. The molecule has 0 unspecified atom stereocenters. The summed E-state index contributed by atoms with van der Waals surface area (Å²) in [6.45, 7) is 5.45. The molecule has 0 atom stereocenters. The van der Waals surface area contributed by atoms with Gasteiger partial charge < -0.3 is 9.47 Å². The highest BCUT2D eigenvalue weighted by molar-refractivity contribution is 9.08. The zero-order chi connectivity index (χ0) is 13.8. The van der Waals surface area contributed by atoms with E-state index in [0.717, 1.165) is 10.9 Å². The number of alkyl halides is 1. The first-order valence-corrected chi connectivity index (χ1v) is 6.71. The Kier molecular flexibility index (Phi) is 5.02. The smallest absolute Gasteiger partial charge is 0.412 e. The van der Waals surface area contributed by atoms with Gasteiger partial charge in [-0.3, -0.25) is 5.32 Å². The van der Waals surface area contributed by atoms with Crippen LogP contribution in [0.25, 0.3) is 0 Å². The zero-order valence-corrected chi connectivity index (χ0v) is 12.6. The van der Waals surface area contributed by atoms with Crippen molar-refractivity contribution in [1.82, 2.24) is 0 Å². The largest absolute Gasteiger partial charge is 0.495 e. The molecule has 1 aromatic carbocycles. The number of rotatable bonds is 3. The molecule has 0 aromatic heterocycles. The minimum Gasteiger partial charge on any atom is -0.495 e. The molecule has 1 rings (SSSR count). The van der Waals surface area contributed by atoms with Crippen molar-refractivity contribution >= 4 is 27.7 Å². The Labute approximate surface area is 116 Å². The average Bonchev–Trinajstić information content (AvgIpc) is 2.27. The van der Waals surface area contributed by atoms with Gasteiger partial charge in [-0.05, 0) is 38.5 Å². The number of amides is 1. The van der Waals surface area contributed by atoms with E-state index in [0.29, 0.717) is 11.4 Å². The second kappa shape index (κ2) is 6.09. The van der Waals surface area contributed by atoms with Gasteiger partial charge in [-0.1, -0.05) is 22.0 Å².